The molecule has 1 fully saturated rings. The molecule has 0 spiro atoms. The summed E-state index contributed by atoms with van der Waals surface area (Å²) in [6.07, 6.45) is 6.57. The van der Waals surface area contributed by atoms with E-state index in [0.29, 0.717) is 5.92 Å². The summed E-state index contributed by atoms with van der Waals surface area (Å²) in [7, 11) is 1.82. The lowest BCUT2D eigenvalue weighted by Gasteiger charge is -2.28. The number of hydrogen-bond donors (Lipinski definition) is 0. The Kier molecular flexibility index (Phi) is 4.63. The van der Waals surface area contributed by atoms with Gasteiger partial charge in [0.2, 0.25) is 0 Å². The number of ether oxygens (including phenoxy) is 1. The molecule has 2 nitrogen and oxygen atoms in total. The number of aromatic nitrogens is 1. The third kappa shape index (κ3) is 3.11. The molecule has 1 unspecified atom stereocenters. The van der Waals surface area contributed by atoms with E-state index >= 15 is 0 Å². The van der Waals surface area contributed by atoms with E-state index < -0.39 is 0 Å². The van der Waals surface area contributed by atoms with Gasteiger partial charge in [-0.25, -0.2) is 0 Å². The third-order valence-electron chi connectivity index (χ3n) is 5.62. The van der Waals surface area contributed by atoms with E-state index in [-0.39, 0.29) is 6.23 Å². The highest BCUT2D eigenvalue weighted by atomic mass is 16.5. The summed E-state index contributed by atoms with van der Waals surface area (Å²) in [5.74, 6) is 0.643. The van der Waals surface area contributed by atoms with Crippen molar-refractivity contribution in [1.82, 2.24) is 4.57 Å². The van der Waals surface area contributed by atoms with Gasteiger partial charge in [-0.15, -0.1) is 0 Å². The van der Waals surface area contributed by atoms with Crippen LogP contribution in [-0.2, 0) is 4.74 Å². The molecule has 0 saturated heterocycles. The maximum absolute atomic E-state index is 6.02. The summed E-state index contributed by atoms with van der Waals surface area (Å²) in [5.41, 5.74) is 5.21. The van der Waals surface area contributed by atoms with E-state index in [2.05, 4.69) is 66.1 Å². The molecule has 0 aliphatic heterocycles. The van der Waals surface area contributed by atoms with Crippen LogP contribution < -0.4 is 0 Å². The molecule has 1 heterocycles. The van der Waals surface area contributed by atoms with Crippen LogP contribution in [0.1, 0.15) is 61.1 Å². The molecule has 1 atom stereocenters. The first-order valence-corrected chi connectivity index (χ1v) is 9.47. The monoisotopic (exact) mass is 333 g/mol. The number of methoxy groups -OCH3 is 1. The van der Waals surface area contributed by atoms with Gasteiger partial charge in [-0.1, -0.05) is 67.3 Å². The molecule has 1 saturated carbocycles. The topological polar surface area (TPSA) is 14.2 Å². The molecule has 2 aromatic carbocycles. The molecule has 4 rings (SSSR count). The second-order valence-electron chi connectivity index (χ2n) is 7.33. The van der Waals surface area contributed by atoms with Crippen LogP contribution >= 0.6 is 0 Å². The van der Waals surface area contributed by atoms with Gasteiger partial charge >= 0.3 is 0 Å². The molecule has 2 heteroatoms. The van der Waals surface area contributed by atoms with Crippen molar-refractivity contribution in [2.24, 2.45) is 0 Å². The fourth-order valence-corrected chi connectivity index (χ4v) is 4.29. The lowest BCUT2D eigenvalue weighted by Crippen LogP contribution is -2.18. The number of hydrogen-bond acceptors (Lipinski definition) is 1. The second kappa shape index (κ2) is 7.05. The van der Waals surface area contributed by atoms with E-state index in [1.807, 2.05) is 7.11 Å². The van der Waals surface area contributed by atoms with Gasteiger partial charge in [0.05, 0.1) is 5.52 Å². The molecule has 0 bridgehead atoms. The minimum Gasteiger partial charge on any atom is -0.357 e. The van der Waals surface area contributed by atoms with Gasteiger partial charge in [0.15, 0.2) is 6.23 Å². The molecule has 3 aromatic rings. The SMILES string of the molecule is COC(c1ccc(C)cc1)n1c(C2CCCCC2)cc2ccccc21. The average Bonchev–Trinajstić information content (AvgIpc) is 3.04. The molecule has 1 aromatic heterocycles. The van der Waals surface area contributed by atoms with Gasteiger partial charge in [0.25, 0.3) is 0 Å². The first-order valence-electron chi connectivity index (χ1n) is 9.47. The van der Waals surface area contributed by atoms with Crippen LogP contribution in [0.3, 0.4) is 0 Å². The minimum absolute atomic E-state index is 0.0718. The number of para-hydroxylation sites is 1. The van der Waals surface area contributed by atoms with Crippen molar-refractivity contribution in [2.45, 2.75) is 51.2 Å². The number of aryl methyl sites for hydroxylation is 1. The quantitative estimate of drug-likeness (QED) is 0.555. The van der Waals surface area contributed by atoms with E-state index in [4.69, 9.17) is 4.74 Å². The predicted molar refractivity (Wildman–Crippen MR) is 104 cm³/mol. The van der Waals surface area contributed by atoms with Gasteiger partial charge in [-0.3, -0.25) is 0 Å². The molecule has 0 radical (unpaired) electrons. The van der Waals surface area contributed by atoms with Gasteiger partial charge in [-0.05, 0) is 43.2 Å². The first-order chi connectivity index (χ1) is 12.3. The van der Waals surface area contributed by atoms with Crippen molar-refractivity contribution in [2.75, 3.05) is 7.11 Å². The molecule has 130 valence electrons. The van der Waals surface area contributed by atoms with Crippen LogP contribution in [0, 0.1) is 6.92 Å². The highest BCUT2D eigenvalue weighted by molar-refractivity contribution is 5.81. The van der Waals surface area contributed by atoms with E-state index in [1.54, 1.807) is 0 Å². The van der Waals surface area contributed by atoms with E-state index in [1.165, 1.54) is 59.8 Å². The van der Waals surface area contributed by atoms with Crippen LogP contribution in [-0.4, -0.2) is 11.7 Å². The van der Waals surface area contributed by atoms with Crippen LogP contribution in [0.15, 0.2) is 54.6 Å². The Bertz CT molecular complexity index is 840. The van der Waals surface area contributed by atoms with Crippen LogP contribution in [0.2, 0.25) is 0 Å². The van der Waals surface area contributed by atoms with Crippen LogP contribution in [0.25, 0.3) is 10.9 Å². The molecule has 25 heavy (non-hydrogen) atoms. The summed E-state index contributed by atoms with van der Waals surface area (Å²) in [4.78, 5) is 0. The van der Waals surface area contributed by atoms with Crippen molar-refractivity contribution < 1.29 is 4.74 Å². The summed E-state index contributed by atoms with van der Waals surface area (Å²) < 4.78 is 8.46. The van der Waals surface area contributed by atoms with Crippen molar-refractivity contribution in [3.8, 4) is 0 Å². The molecule has 0 N–H and O–H groups in total. The smallest absolute Gasteiger partial charge is 0.160 e. The summed E-state index contributed by atoms with van der Waals surface area (Å²) in [6.45, 7) is 2.13. The number of nitrogens with zero attached hydrogens (tertiary/aromatic N) is 1. The zero-order chi connectivity index (χ0) is 17.2. The molecule has 0 amide bonds. The fraction of sp³-hybridized carbons (Fsp3) is 0.391. The van der Waals surface area contributed by atoms with Gasteiger partial charge in [0, 0.05) is 18.4 Å². The molecule has 1 aliphatic rings. The predicted octanol–water partition coefficient (Wildman–Crippen LogP) is 6.19. The Morgan fingerprint density at radius 3 is 2.40 bits per heavy atom. The zero-order valence-corrected chi connectivity index (χ0v) is 15.2. The Morgan fingerprint density at radius 1 is 0.960 bits per heavy atom. The fourth-order valence-electron chi connectivity index (χ4n) is 4.29. The van der Waals surface area contributed by atoms with Crippen molar-refractivity contribution in [1.29, 1.82) is 0 Å². The lowest BCUT2D eigenvalue weighted by molar-refractivity contribution is 0.0786. The van der Waals surface area contributed by atoms with Crippen molar-refractivity contribution >= 4 is 10.9 Å². The summed E-state index contributed by atoms with van der Waals surface area (Å²) in [6, 6.07) is 19.8. The summed E-state index contributed by atoms with van der Waals surface area (Å²) in [5, 5.41) is 1.32. The lowest BCUT2D eigenvalue weighted by atomic mass is 9.87. The molecular weight excluding hydrogens is 306 g/mol. The highest BCUT2D eigenvalue weighted by Crippen LogP contribution is 2.38. The number of rotatable bonds is 4. The van der Waals surface area contributed by atoms with Gasteiger partial charge in [0.1, 0.15) is 0 Å². The minimum atomic E-state index is -0.0718. The Balaban J connectivity index is 1.86. The van der Waals surface area contributed by atoms with Crippen molar-refractivity contribution in [3.05, 3.63) is 71.4 Å². The summed E-state index contributed by atoms with van der Waals surface area (Å²) >= 11 is 0. The van der Waals surface area contributed by atoms with E-state index in [9.17, 15) is 0 Å². The normalized spacial score (nSPS) is 17.0. The van der Waals surface area contributed by atoms with Gasteiger partial charge < -0.3 is 9.30 Å². The second-order valence-corrected chi connectivity index (χ2v) is 7.33. The molecule has 1 aliphatic carbocycles. The van der Waals surface area contributed by atoms with Crippen molar-refractivity contribution in [3.63, 3.8) is 0 Å². The number of benzene rings is 2. The zero-order valence-electron chi connectivity index (χ0n) is 15.2. The van der Waals surface area contributed by atoms with Gasteiger partial charge in [-0.2, -0.15) is 0 Å². The standard InChI is InChI=1S/C23H27NO/c1-17-12-14-19(15-13-17)23(25-2)24-21-11-7-6-10-20(21)16-22(24)18-8-4-3-5-9-18/h6-7,10-16,18,23H,3-5,8-9H2,1-2H3. The largest absolute Gasteiger partial charge is 0.357 e. The van der Waals surface area contributed by atoms with Crippen LogP contribution in [0.5, 0.6) is 0 Å². The number of fused-ring (bicyclic) bond motifs is 1. The maximum atomic E-state index is 6.02. The first kappa shape index (κ1) is 16.4. The maximum Gasteiger partial charge on any atom is 0.160 e. The Morgan fingerprint density at radius 2 is 1.68 bits per heavy atom. The van der Waals surface area contributed by atoms with Crippen LogP contribution in [0.4, 0.5) is 0 Å². The average molecular weight is 333 g/mol. The Labute approximate surface area is 150 Å². The highest BCUT2D eigenvalue weighted by Gasteiger charge is 2.25. The third-order valence-corrected chi connectivity index (χ3v) is 5.62. The van der Waals surface area contributed by atoms with E-state index in [0.717, 1.165) is 0 Å². The Hall–Kier alpha value is -2.06. The molecular formula is C23H27NO.